The van der Waals surface area contributed by atoms with E-state index >= 15 is 0 Å². The van der Waals surface area contributed by atoms with Crippen LogP contribution in [-0.4, -0.2) is 119 Å². The molecular formula is C35H64Cl2N2O10. The van der Waals surface area contributed by atoms with Gasteiger partial charge >= 0.3 is 29.8 Å². The number of carbonyl (C=O) groups is 5. The Morgan fingerprint density at radius 2 is 1.12 bits per heavy atom. The highest BCUT2D eigenvalue weighted by molar-refractivity contribution is 5.72. The van der Waals surface area contributed by atoms with Gasteiger partial charge in [-0.05, 0) is 32.1 Å². The average molecular weight is 744 g/mol. The van der Waals surface area contributed by atoms with E-state index in [1.807, 2.05) is 28.2 Å². The number of allylic oxidation sites excluding steroid dienone is 1. The first kappa shape index (κ1) is 51.0. The van der Waals surface area contributed by atoms with Crippen LogP contribution in [0.3, 0.4) is 0 Å². The number of halogens is 2. The second-order valence-electron chi connectivity index (χ2n) is 13.4. The largest absolute Gasteiger partial charge is 1.00 e. The summed E-state index contributed by atoms with van der Waals surface area (Å²) < 4.78 is 26.5. The van der Waals surface area contributed by atoms with E-state index < -0.39 is 18.7 Å². The van der Waals surface area contributed by atoms with E-state index in [1.165, 1.54) is 20.3 Å². The Labute approximate surface area is 307 Å². The lowest BCUT2D eigenvalue weighted by molar-refractivity contribution is -0.883. The van der Waals surface area contributed by atoms with Crippen LogP contribution < -0.4 is 24.8 Å². The maximum absolute atomic E-state index is 12.7. The predicted octanol–water partition coefficient (Wildman–Crippen LogP) is -1.12. The fourth-order valence-electron chi connectivity index (χ4n) is 4.68. The minimum Gasteiger partial charge on any atom is -1.00 e. The van der Waals surface area contributed by atoms with Crippen LogP contribution in [0.25, 0.3) is 0 Å². The summed E-state index contributed by atoms with van der Waals surface area (Å²) in [5.74, 6) is -1.80. The van der Waals surface area contributed by atoms with Gasteiger partial charge in [0, 0.05) is 26.7 Å². The quantitative estimate of drug-likeness (QED) is 0.0243. The second-order valence-corrected chi connectivity index (χ2v) is 13.4. The zero-order valence-corrected chi connectivity index (χ0v) is 32.6. The van der Waals surface area contributed by atoms with Gasteiger partial charge in [-0.15, -0.1) is 0 Å². The molecule has 49 heavy (non-hydrogen) atoms. The molecule has 12 nitrogen and oxygen atoms in total. The van der Waals surface area contributed by atoms with Crippen molar-refractivity contribution in [2.75, 3.05) is 74.4 Å². The van der Waals surface area contributed by atoms with Crippen molar-refractivity contribution < 1.29 is 81.4 Å². The summed E-state index contributed by atoms with van der Waals surface area (Å²) in [6.45, 7) is 6.26. The molecule has 0 aromatic heterocycles. The number of hydrogen-bond acceptors (Lipinski definition) is 10. The van der Waals surface area contributed by atoms with Gasteiger partial charge in [-0.2, -0.15) is 0 Å². The van der Waals surface area contributed by atoms with Gasteiger partial charge in [-0.1, -0.05) is 57.6 Å². The molecule has 0 bridgehead atoms. The van der Waals surface area contributed by atoms with Crippen LogP contribution in [0.4, 0.5) is 0 Å². The number of quaternary nitrogens is 2. The van der Waals surface area contributed by atoms with Gasteiger partial charge in [0.1, 0.15) is 32.4 Å². The number of esters is 5. The average Bonchev–Trinajstić information content (AvgIpc) is 2.94. The summed E-state index contributed by atoms with van der Waals surface area (Å²) in [6, 6.07) is 0. The lowest BCUT2D eigenvalue weighted by atomic mass is 10.1. The van der Waals surface area contributed by atoms with Crippen molar-refractivity contribution >= 4 is 29.8 Å². The molecule has 1 unspecified atom stereocenters. The number of likely N-dealkylation sites (N-methyl/N-ethyl adjacent to an activating group) is 2. The molecule has 0 heterocycles. The van der Waals surface area contributed by atoms with Crippen molar-refractivity contribution in [3.8, 4) is 0 Å². The number of nitrogens with zero attached hydrogens (tertiary/aromatic N) is 2. The summed E-state index contributed by atoms with van der Waals surface area (Å²) in [5, 5.41) is 0. The van der Waals surface area contributed by atoms with Crippen LogP contribution in [0, 0.1) is 0 Å². The third-order valence-corrected chi connectivity index (χ3v) is 7.55. The lowest BCUT2D eigenvalue weighted by Gasteiger charge is -2.29. The molecule has 0 N–H and O–H groups in total. The van der Waals surface area contributed by atoms with E-state index in [1.54, 1.807) is 0 Å². The number of unbranched alkanes of at least 4 members (excludes halogenated alkanes) is 8. The molecule has 0 rings (SSSR count). The third kappa shape index (κ3) is 33.8. The number of rotatable bonds is 28. The number of ether oxygens (including phenoxy) is 5. The van der Waals surface area contributed by atoms with Crippen molar-refractivity contribution in [3.05, 3.63) is 12.2 Å². The molecule has 0 aliphatic carbocycles. The molecule has 0 saturated carbocycles. The molecule has 0 spiro atoms. The second kappa shape index (κ2) is 30.4. The molecule has 1 atom stereocenters. The molecule has 0 radical (unpaired) electrons. The van der Waals surface area contributed by atoms with Gasteiger partial charge in [-0.25, -0.2) is 9.59 Å². The zero-order valence-electron chi connectivity index (χ0n) is 31.1. The molecule has 0 aromatic carbocycles. The highest BCUT2D eigenvalue weighted by atomic mass is 35.5. The van der Waals surface area contributed by atoms with E-state index in [2.05, 4.69) is 19.1 Å². The molecule has 0 aliphatic heterocycles. The van der Waals surface area contributed by atoms with Crippen LogP contribution in [0.2, 0.25) is 0 Å². The third-order valence-electron chi connectivity index (χ3n) is 7.55. The van der Waals surface area contributed by atoms with E-state index in [0.29, 0.717) is 30.4 Å². The Morgan fingerprint density at radius 3 is 1.69 bits per heavy atom. The molecule has 0 fully saturated rings. The van der Waals surface area contributed by atoms with Gasteiger partial charge in [0.2, 0.25) is 6.79 Å². The zero-order chi connectivity index (χ0) is 35.6. The van der Waals surface area contributed by atoms with Crippen LogP contribution in [-0.2, 0) is 47.7 Å². The van der Waals surface area contributed by atoms with Crippen LogP contribution in [0.15, 0.2) is 12.2 Å². The Kier molecular flexibility index (Phi) is 31.6. The van der Waals surface area contributed by atoms with Crippen molar-refractivity contribution in [1.29, 1.82) is 0 Å². The van der Waals surface area contributed by atoms with Crippen molar-refractivity contribution in [2.45, 2.75) is 110 Å². The van der Waals surface area contributed by atoms with Gasteiger partial charge < -0.3 is 57.5 Å². The van der Waals surface area contributed by atoms with Gasteiger partial charge in [0.25, 0.3) is 0 Å². The van der Waals surface area contributed by atoms with Crippen molar-refractivity contribution in [1.82, 2.24) is 0 Å². The monoisotopic (exact) mass is 742 g/mol. The molecule has 0 saturated heterocycles. The van der Waals surface area contributed by atoms with Gasteiger partial charge in [0.05, 0.1) is 28.2 Å². The Morgan fingerprint density at radius 1 is 0.612 bits per heavy atom. The highest BCUT2D eigenvalue weighted by Gasteiger charge is 2.24. The normalized spacial score (nSPS) is 11.9. The molecule has 0 aliphatic rings. The first-order valence-corrected chi connectivity index (χ1v) is 17.2. The summed E-state index contributed by atoms with van der Waals surface area (Å²) in [6.07, 6.45) is 16.1. The fraction of sp³-hybridized carbons (Fsp3) is 0.800. The Bertz CT molecular complexity index is 961. The molecule has 0 amide bonds. The molecular weight excluding hydrogens is 679 g/mol. The maximum Gasteiger partial charge on any atom is 0.364 e. The fourth-order valence-corrected chi connectivity index (χ4v) is 4.68. The van der Waals surface area contributed by atoms with E-state index in [0.717, 1.165) is 57.8 Å². The minimum absolute atomic E-state index is 0. The maximum atomic E-state index is 12.7. The standard InChI is InChI=1S/C35H64N2O10.2ClH/c1-8-9-10-17-20-32(47-35(42)28-37(6,7)24-26-44-31(3)39)21-18-15-13-11-12-14-16-19-22-33(40)45-29-46-34(41)27-36(4,5)23-25-43-30(2)38;;/h15,18,32H,8-14,16-17,19-29H2,1-7H3;2*1H/q+2;;/p-2/b18-15-;;. The lowest BCUT2D eigenvalue weighted by Crippen LogP contribution is -3.00. The Hall–Kier alpha value is -2.41. The topological polar surface area (TPSA) is 132 Å². The first-order chi connectivity index (χ1) is 22.2. The summed E-state index contributed by atoms with van der Waals surface area (Å²) >= 11 is 0. The van der Waals surface area contributed by atoms with Gasteiger partial charge in [-0.3, -0.25) is 14.4 Å². The molecule has 0 aromatic rings. The van der Waals surface area contributed by atoms with Crippen LogP contribution in [0.1, 0.15) is 104 Å². The summed E-state index contributed by atoms with van der Waals surface area (Å²) in [5.41, 5.74) is 0. The summed E-state index contributed by atoms with van der Waals surface area (Å²) in [4.78, 5) is 58.6. The van der Waals surface area contributed by atoms with Crippen LogP contribution in [0.5, 0.6) is 0 Å². The number of hydrogen-bond donors (Lipinski definition) is 0. The van der Waals surface area contributed by atoms with E-state index in [-0.39, 0.29) is 86.0 Å². The smallest absolute Gasteiger partial charge is 0.364 e. The first-order valence-electron chi connectivity index (χ1n) is 17.2. The van der Waals surface area contributed by atoms with E-state index in [4.69, 9.17) is 23.7 Å². The van der Waals surface area contributed by atoms with Crippen molar-refractivity contribution in [3.63, 3.8) is 0 Å². The highest BCUT2D eigenvalue weighted by Crippen LogP contribution is 2.14. The SMILES string of the molecule is CCCCCCC(C/C=C\CCCCCCCC(=O)OCOC(=O)C[N+](C)(C)CCOC(C)=O)OC(=O)C[N+](C)(C)CCOC(C)=O.[Cl-].[Cl-]. The molecule has 288 valence electrons. The van der Waals surface area contributed by atoms with Crippen LogP contribution >= 0.6 is 0 Å². The predicted molar refractivity (Wildman–Crippen MR) is 179 cm³/mol. The minimum atomic E-state index is -0.490. The van der Waals surface area contributed by atoms with Crippen molar-refractivity contribution in [2.24, 2.45) is 0 Å². The Balaban J connectivity index is -0.0000106. The van der Waals surface area contributed by atoms with Gasteiger partial charge in [0.15, 0.2) is 13.1 Å². The molecule has 14 heteroatoms. The summed E-state index contributed by atoms with van der Waals surface area (Å²) in [7, 11) is 7.49. The van der Waals surface area contributed by atoms with E-state index in [9.17, 15) is 24.0 Å². The number of carbonyl (C=O) groups excluding carboxylic acids is 5.